The average molecular weight is 547 g/mol. The highest BCUT2D eigenvalue weighted by molar-refractivity contribution is 7.92. The van der Waals surface area contributed by atoms with Gasteiger partial charge in [0, 0.05) is 12.1 Å². The first-order valence-corrected chi connectivity index (χ1v) is 14.1. The van der Waals surface area contributed by atoms with Crippen LogP contribution in [0, 0.1) is 0 Å². The largest absolute Gasteiger partial charge is 0.493 e. The molecule has 0 atom stereocenters. The fourth-order valence-corrected chi connectivity index (χ4v) is 4.89. The van der Waals surface area contributed by atoms with E-state index in [1.54, 1.807) is 30.3 Å². The van der Waals surface area contributed by atoms with Gasteiger partial charge in [-0.15, -0.1) is 0 Å². The number of carbonyl (C=O) groups excluding carboxylic acids is 2. The number of carbonyl (C=O) groups is 2. The van der Waals surface area contributed by atoms with Gasteiger partial charge in [0.25, 0.3) is 11.8 Å². The number of ether oxygens (including phenoxy) is 3. The van der Waals surface area contributed by atoms with Gasteiger partial charge in [0.2, 0.25) is 10.0 Å². The zero-order valence-corrected chi connectivity index (χ0v) is 22.6. The van der Waals surface area contributed by atoms with Crippen LogP contribution < -0.4 is 29.3 Å². The van der Waals surface area contributed by atoms with Gasteiger partial charge < -0.3 is 19.5 Å². The van der Waals surface area contributed by atoms with Gasteiger partial charge >= 0.3 is 0 Å². The van der Waals surface area contributed by atoms with Gasteiger partial charge in [-0.1, -0.05) is 19.3 Å². The molecule has 0 spiro atoms. The molecular weight excluding hydrogens is 512 g/mol. The van der Waals surface area contributed by atoms with Crippen LogP contribution in [-0.2, 0) is 19.6 Å². The molecule has 3 rings (SSSR count). The Morgan fingerprint density at radius 1 is 1.00 bits per heavy atom. The number of nitrogens with one attached hydrogen (secondary N) is 2. The first-order chi connectivity index (χ1) is 18.2. The second-order valence-corrected chi connectivity index (χ2v) is 10.8. The van der Waals surface area contributed by atoms with Crippen molar-refractivity contribution in [3.05, 3.63) is 48.0 Å². The Bertz CT molecular complexity index is 1230. The van der Waals surface area contributed by atoms with Crippen molar-refractivity contribution in [2.45, 2.75) is 38.1 Å². The molecule has 1 aliphatic carbocycles. The average Bonchev–Trinajstić information content (AvgIpc) is 2.91. The number of amides is 2. The summed E-state index contributed by atoms with van der Waals surface area (Å²) in [6.45, 7) is -0.543. The number of hydrazone groups is 1. The number of hydrogen-bond donors (Lipinski definition) is 2. The van der Waals surface area contributed by atoms with E-state index in [0.29, 0.717) is 22.8 Å². The van der Waals surface area contributed by atoms with Crippen molar-refractivity contribution in [1.82, 2.24) is 10.7 Å². The SMILES string of the molecule is COc1ccc(N(CC(=O)N/N=C\c2ccc(OCC(=O)NC3CCCCC3)cc2)S(C)(=O)=O)cc1OC. The van der Waals surface area contributed by atoms with Crippen molar-refractivity contribution < 1.29 is 32.2 Å². The van der Waals surface area contributed by atoms with E-state index in [9.17, 15) is 18.0 Å². The van der Waals surface area contributed by atoms with Crippen molar-refractivity contribution in [3.8, 4) is 17.2 Å². The van der Waals surface area contributed by atoms with Crippen LogP contribution in [0.5, 0.6) is 17.2 Å². The quantitative estimate of drug-likeness (QED) is 0.308. The number of methoxy groups -OCH3 is 2. The highest BCUT2D eigenvalue weighted by Crippen LogP contribution is 2.32. The van der Waals surface area contributed by atoms with Crippen molar-refractivity contribution in [1.29, 1.82) is 0 Å². The van der Waals surface area contributed by atoms with E-state index >= 15 is 0 Å². The zero-order valence-electron chi connectivity index (χ0n) is 21.8. The van der Waals surface area contributed by atoms with E-state index in [-0.39, 0.29) is 24.2 Å². The number of anilines is 1. The zero-order chi connectivity index (χ0) is 27.5. The van der Waals surface area contributed by atoms with Crippen LogP contribution >= 0.6 is 0 Å². The molecule has 0 saturated heterocycles. The minimum Gasteiger partial charge on any atom is -0.493 e. The van der Waals surface area contributed by atoms with Gasteiger partial charge in [0.05, 0.1) is 32.4 Å². The molecule has 12 heteroatoms. The van der Waals surface area contributed by atoms with Gasteiger partial charge in [-0.25, -0.2) is 13.8 Å². The Morgan fingerprint density at radius 2 is 1.68 bits per heavy atom. The normalized spacial score (nSPS) is 14.1. The molecule has 0 aliphatic heterocycles. The summed E-state index contributed by atoms with van der Waals surface area (Å²) in [5, 5.41) is 6.91. The summed E-state index contributed by atoms with van der Waals surface area (Å²) in [6.07, 6.45) is 7.95. The third-order valence-corrected chi connectivity index (χ3v) is 7.11. The molecule has 11 nitrogen and oxygen atoms in total. The van der Waals surface area contributed by atoms with Crippen molar-refractivity contribution in [3.63, 3.8) is 0 Å². The van der Waals surface area contributed by atoms with Crippen molar-refractivity contribution in [2.24, 2.45) is 5.10 Å². The van der Waals surface area contributed by atoms with Crippen LogP contribution in [0.2, 0.25) is 0 Å². The van der Waals surface area contributed by atoms with Gasteiger partial charge in [0.15, 0.2) is 18.1 Å². The van der Waals surface area contributed by atoms with E-state index in [2.05, 4.69) is 15.8 Å². The number of rotatable bonds is 12. The summed E-state index contributed by atoms with van der Waals surface area (Å²) in [7, 11) is -0.879. The second kappa shape index (κ2) is 13.7. The smallest absolute Gasteiger partial charge is 0.260 e. The predicted octanol–water partition coefficient (Wildman–Crippen LogP) is 2.45. The van der Waals surface area contributed by atoms with Gasteiger partial charge in [0.1, 0.15) is 12.3 Å². The van der Waals surface area contributed by atoms with Crippen molar-refractivity contribution >= 4 is 33.7 Å². The maximum absolute atomic E-state index is 12.4. The lowest BCUT2D eigenvalue weighted by Crippen LogP contribution is -2.39. The highest BCUT2D eigenvalue weighted by atomic mass is 32.2. The fraction of sp³-hybridized carbons (Fsp3) is 0.423. The Morgan fingerprint density at radius 3 is 2.32 bits per heavy atom. The van der Waals surface area contributed by atoms with Gasteiger partial charge in [-0.2, -0.15) is 5.10 Å². The minimum absolute atomic E-state index is 0.0586. The molecular formula is C26H34N4O7S. The van der Waals surface area contributed by atoms with E-state index in [1.807, 2.05) is 0 Å². The molecule has 0 bridgehead atoms. The Kier molecular flexibility index (Phi) is 10.3. The molecule has 1 fully saturated rings. The molecule has 1 aliphatic rings. The molecule has 2 aromatic carbocycles. The number of benzene rings is 2. The third-order valence-electron chi connectivity index (χ3n) is 5.97. The van der Waals surface area contributed by atoms with Crippen LogP contribution in [0.1, 0.15) is 37.7 Å². The Labute approximate surface area is 223 Å². The van der Waals surface area contributed by atoms with Gasteiger partial charge in [-0.3, -0.25) is 13.9 Å². The van der Waals surface area contributed by atoms with Crippen LogP contribution in [0.3, 0.4) is 0 Å². The predicted molar refractivity (Wildman–Crippen MR) is 144 cm³/mol. The molecule has 0 aromatic heterocycles. The van der Waals surface area contributed by atoms with E-state index < -0.39 is 22.5 Å². The summed E-state index contributed by atoms with van der Waals surface area (Å²) in [6, 6.07) is 11.6. The molecule has 2 N–H and O–H groups in total. The molecule has 2 amide bonds. The van der Waals surface area contributed by atoms with Crippen molar-refractivity contribution in [2.75, 3.05) is 37.9 Å². The molecule has 1 saturated carbocycles. The summed E-state index contributed by atoms with van der Waals surface area (Å²) >= 11 is 0. The second-order valence-electron chi connectivity index (χ2n) is 8.86. The summed E-state index contributed by atoms with van der Waals surface area (Å²) in [5.74, 6) is 0.516. The molecule has 0 radical (unpaired) electrons. The molecule has 38 heavy (non-hydrogen) atoms. The Hall–Kier alpha value is -3.80. The summed E-state index contributed by atoms with van der Waals surface area (Å²) in [4.78, 5) is 24.5. The van der Waals surface area contributed by atoms with E-state index in [1.165, 1.54) is 39.0 Å². The maximum Gasteiger partial charge on any atom is 0.260 e. The lowest BCUT2D eigenvalue weighted by molar-refractivity contribution is -0.124. The molecule has 2 aromatic rings. The first kappa shape index (κ1) is 28.8. The van der Waals surface area contributed by atoms with E-state index in [0.717, 1.165) is 36.2 Å². The maximum atomic E-state index is 12.4. The van der Waals surface area contributed by atoms with Gasteiger partial charge in [-0.05, 0) is 54.8 Å². The Balaban J connectivity index is 1.51. The lowest BCUT2D eigenvalue weighted by atomic mass is 9.95. The number of hydrogen-bond acceptors (Lipinski definition) is 8. The topological polar surface area (TPSA) is 136 Å². The summed E-state index contributed by atoms with van der Waals surface area (Å²) in [5.41, 5.74) is 3.25. The van der Waals surface area contributed by atoms with Crippen LogP contribution in [0.25, 0.3) is 0 Å². The molecule has 0 unspecified atom stereocenters. The fourth-order valence-electron chi connectivity index (χ4n) is 4.04. The standard InChI is InChI=1S/C26H34N4O7S/c1-35-23-14-11-21(15-24(23)36-2)30(38(3,33)34)17-25(31)29-27-16-19-9-12-22(13-10-19)37-18-26(32)28-20-7-5-4-6-8-20/h9-16,20H,4-8,17-18H2,1-3H3,(H,28,32)(H,29,31)/b27-16-. The lowest BCUT2D eigenvalue weighted by Gasteiger charge is -2.22. The third kappa shape index (κ3) is 8.65. The van der Waals surface area contributed by atoms with Crippen LogP contribution in [0.15, 0.2) is 47.6 Å². The monoisotopic (exact) mass is 546 g/mol. The minimum atomic E-state index is -3.78. The first-order valence-electron chi connectivity index (χ1n) is 12.2. The van der Waals surface area contributed by atoms with Crippen LogP contribution in [0.4, 0.5) is 5.69 Å². The number of nitrogens with zero attached hydrogens (tertiary/aromatic N) is 2. The highest BCUT2D eigenvalue weighted by Gasteiger charge is 2.22. The van der Waals surface area contributed by atoms with Crippen LogP contribution in [-0.4, -0.2) is 66.1 Å². The molecule has 0 heterocycles. The summed E-state index contributed by atoms with van der Waals surface area (Å²) < 4.78 is 41.6. The van der Waals surface area contributed by atoms with E-state index in [4.69, 9.17) is 14.2 Å². The number of sulfonamides is 1. The molecule has 206 valence electrons.